The van der Waals surface area contributed by atoms with Crippen LogP contribution in [0.25, 0.3) is 11.2 Å². The van der Waals surface area contributed by atoms with E-state index >= 15 is 0 Å². The highest BCUT2D eigenvalue weighted by Crippen LogP contribution is 2.08. The van der Waals surface area contributed by atoms with E-state index in [1.807, 2.05) is 37.3 Å². The van der Waals surface area contributed by atoms with Crippen LogP contribution in [0.5, 0.6) is 0 Å². The number of hydrogen-bond acceptors (Lipinski definition) is 3. The Morgan fingerprint density at radius 1 is 1.19 bits per heavy atom. The average Bonchev–Trinajstić information content (AvgIpc) is 2.87. The van der Waals surface area contributed by atoms with Gasteiger partial charge in [-0.3, -0.25) is 14.3 Å². The van der Waals surface area contributed by atoms with E-state index in [0.717, 1.165) is 12.0 Å². The van der Waals surface area contributed by atoms with Crippen molar-refractivity contribution in [1.82, 2.24) is 19.1 Å². The summed E-state index contributed by atoms with van der Waals surface area (Å²) in [5.41, 5.74) is 1.16. The molecule has 0 saturated carbocycles. The molecule has 0 spiro atoms. The van der Waals surface area contributed by atoms with E-state index in [1.165, 1.54) is 4.57 Å². The van der Waals surface area contributed by atoms with Gasteiger partial charge < -0.3 is 4.57 Å². The van der Waals surface area contributed by atoms with E-state index in [2.05, 4.69) is 9.97 Å². The molecule has 0 aliphatic carbocycles. The van der Waals surface area contributed by atoms with Gasteiger partial charge in [-0.1, -0.05) is 37.3 Å². The standard InChI is InChI=1S/C15H16N4O2/c1-2-8-19-14(20)12-13(17-15(19)21)16-10-18(12)9-11-6-4-3-5-7-11/h3-7,10H,2,8-9H2,1H3,(H,17,21). The summed E-state index contributed by atoms with van der Waals surface area (Å²) in [5, 5.41) is 0. The third-order valence-corrected chi connectivity index (χ3v) is 3.40. The van der Waals surface area contributed by atoms with Crippen molar-refractivity contribution in [2.24, 2.45) is 0 Å². The molecular weight excluding hydrogens is 268 g/mol. The van der Waals surface area contributed by atoms with Gasteiger partial charge in [-0.25, -0.2) is 9.78 Å². The first kappa shape index (κ1) is 13.4. The van der Waals surface area contributed by atoms with Gasteiger partial charge in [0.2, 0.25) is 0 Å². The Kier molecular flexibility index (Phi) is 3.43. The SMILES string of the molecule is CCCn1c(=O)[nH]c2ncn(Cc3ccccc3)c2c1=O. The molecule has 0 bridgehead atoms. The van der Waals surface area contributed by atoms with Crippen molar-refractivity contribution in [3.05, 3.63) is 63.1 Å². The van der Waals surface area contributed by atoms with Crippen LogP contribution in [0, 0.1) is 0 Å². The van der Waals surface area contributed by atoms with Crippen molar-refractivity contribution in [3.8, 4) is 0 Å². The number of hydrogen-bond donors (Lipinski definition) is 1. The smallest absolute Gasteiger partial charge is 0.320 e. The molecule has 1 aromatic carbocycles. The molecule has 108 valence electrons. The van der Waals surface area contributed by atoms with Crippen LogP contribution in [0.4, 0.5) is 0 Å². The minimum Gasteiger partial charge on any atom is -0.320 e. The predicted molar refractivity (Wildman–Crippen MR) is 80.4 cm³/mol. The van der Waals surface area contributed by atoms with Crippen LogP contribution in [0.3, 0.4) is 0 Å². The number of rotatable bonds is 4. The molecule has 1 N–H and O–H groups in total. The molecule has 0 atom stereocenters. The summed E-state index contributed by atoms with van der Waals surface area (Å²) in [6.07, 6.45) is 2.31. The van der Waals surface area contributed by atoms with Gasteiger partial charge in [-0.05, 0) is 12.0 Å². The quantitative estimate of drug-likeness (QED) is 0.786. The van der Waals surface area contributed by atoms with Crippen molar-refractivity contribution in [2.75, 3.05) is 0 Å². The Bertz CT molecular complexity index is 874. The molecule has 0 aliphatic rings. The molecule has 0 saturated heterocycles. The maximum absolute atomic E-state index is 12.5. The average molecular weight is 284 g/mol. The number of H-pyrrole nitrogens is 1. The maximum atomic E-state index is 12.5. The monoisotopic (exact) mass is 284 g/mol. The van der Waals surface area contributed by atoms with E-state index in [0.29, 0.717) is 24.3 Å². The zero-order chi connectivity index (χ0) is 14.8. The number of benzene rings is 1. The van der Waals surface area contributed by atoms with Crippen LogP contribution in [0.15, 0.2) is 46.2 Å². The second-order valence-electron chi connectivity index (χ2n) is 4.94. The zero-order valence-corrected chi connectivity index (χ0v) is 11.7. The molecule has 3 rings (SSSR count). The molecule has 0 unspecified atom stereocenters. The maximum Gasteiger partial charge on any atom is 0.330 e. The fourth-order valence-electron chi connectivity index (χ4n) is 2.41. The number of fused-ring (bicyclic) bond motifs is 1. The number of aromatic nitrogens is 4. The summed E-state index contributed by atoms with van der Waals surface area (Å²) in [5.74, 6) is 0. The molecule has 0 radical (unpaired) electrons. The van der Waals surface area contributed by atoms with Crippen LogP contribution in [-0.4, -0.2) is 19.1 Å². The fraction of sp³-hybridized carbons (Fsp3) is 0.267. The Balaban J connectivity index is 2.15. The first-order chi connectivity index (χ1) is 10.2. The number of nitrogens with zero attached hydrogens (tertiary/aromatic N) is 3. The highest BCUT2D eigenvalue weighted by molar-refractivity contribution is 5.69. The normalized spacial score (nSPS) is 11.1. The molecule has 21 heavy (non-hydrogen) atoms. The molecule has 6 heteroatoms. The van der Waals surface area contributed by atoms with Crippen molar-refractivity contribution in [3.63, 3.8) is 0 Å². The first-order valence-electron chi connectivity index (χ1n) is 6.92. The third kappa shape index (κ3) is 2.40. The van der Waals surface area contributed by atoms with Crippen molar-refractivity contribution >= 4 is 11.2 Å². The number of imidazole rings is 1. The van der Waals surface area contributed by atoms with Gasteiger partial charge in [0, 0.05) is 13.1 Å². The first-order valence-corrected chi connectivity index (χ1v) is 6.92. The highest BCUT2D eigenvalue weighted by atomic mass is 16.2. The van der Waals surface area contributed by atoms with Gasteiger partial charge in [0.15, 0.2) is 11.2 Å². The number of aromatic amines is 1. The van der Waals surface area contributed by atoms with E-state index in [-0.39, 0.29) is 5.56 Å². The Morgan fingerprint density at radius 2 is 1.95 bits per heavy atom. The van der Waals surface area contributed by atoms with E-state index < -0.39 is 5.69 Å². The van der Waals surface area contributed by atoms with Crippen LogP contribution < -0.4 is 11.2 Å². The molecule has 0 fully saturated rings. The molecular formula is C15H16N4O2. The minimum atomic E-state index is -0.403. The highest BCUT2D eigenvalue weighted by Gasteiger charge is 2.12. The topological polar surface area (TPSA) is 72.7 Å². The van der Waals surface area contributed by atoms with E-state index in [4.69, 9.17) is 0 Å². The summed E-state index contributed by atoms with van der Waals surface area (Å²) >= 11 is 0. The van der Waals surface area contributed by atoms with Gasteiger partial charge in [0.1, 0.15) is 0 Å². The van der Waals surface area contributed by atoms with Gasteiger partial charge in [-0.2, -0.15) is 0 Å². The zero-order valence-electron chi connectivity index (χ0n) is 11.7. The molecule has 6 nitrogen and oxygen atoms in total. The number of nitrogens with one attached hydrogen (secondary N) is 1. The summed E-state index contributed by atoms with van der Waals surface area (Å²) in [4.78, 5) is 31.2. The predicted octanol–water partition coefficient (Wildman–Crippen LogP) is 1.34. The van der Waals surface area contributed by atoms with Crippen molar-refractivity contribution in [2.45, 2.75) is 26.4 Å². The van der Waals surface area contributed by atoms with Gasteiger partial charge in [-0.15, -0.1) is 0 Å². The Labute approximate surface area is 120 Å². The lowest BCUT2D eigenvalue weighted by atomic mass is 10.2. The van der Waals surface area contributed by atoms with E-state index in [9.17, 15) is 9.59 Å². The summed E-state index contributed by atoms with van der Waals surface area (Å²) in [7, 11) is 0. The van der Waals surface area contributed by atoms with Crippen LogP contribution in [0.2, 0.25) is 0 Å². The minimum absolute atomic E-state index is 0.288. The molecule has 2 heterocycles. The molecule has 0 amide bonds. The lowest BCUT2D eigenvalue weighted by molar-refractivity contribution is 0.619. The van der Waals surface area contributed by atoms with Crippen molar-refractivity contribution in [1.29, 1.82) is 0 Å². The molecule has 0 aliphatic heterocycles. The molecule has 2 aromatic heterocycles. The van der Waals surface area contributed by atoms with Gasteiger partial charge in [0.05, 0.1) is 6.33 Å². The fourth-order valence-corrected chi connectivity index (χ4v) is 2.41. The third-order valence-electron chi connectivity index (χ3n) is 3.40. The second kappa shape index (κ2) is 5.40. The lowest BCUT2D eigenvalue weighted by Crippen LogP contribution is -2.35. The lowest BCUT2D eigenvalue weighted by Gasteiger charge is -2.06. The Hall–Kier alpha value is -2.63. The van der Waals surface area contributed by atoms with Crippen LogP contribution in [0.1, 0.15) is 18.9 Å². The van der Waals surface area contributed by atoms with Gasteiger partial charge in [0.25, 0.3) is 5.56 Å². The van der Waals surface area contributed by atoms with E-state index in [1.54, 1.807) is 10.9 Å². The summed E-state index contributed by atoms with van der Waals surface area (Å²) in [6.45, 7) is 2.88. The second-order valence-corrected chi connectivity index (χ2v) is 4.94. The molecule has 3 aromatic rings. The van der Waals surface area contributed by atoms with Crippen LogP contribution >= 0.6 is 0 Å². The summed E-state index contributed by atoms with van der Waals surface area (Å²) < 4.78 is 3.00. The van der Waals surface area contributed by atoms with Crippen LogP contribution in [-0.2, 0) is 13.1 Å². The largest absolute Gasteiger partial charge is 0.330 e. The Morgan fingerprint density at radius 3 is 2.67 bits per heavy atom. The van der Waals surface area contributed by atoms with Gasteiger partial charge >= 0.3 is 5.69 Å². The summed E-state index contributed by atoms with van der Waals surface area (Å²) in [6, 6.07) is 9.82. The van der Waals surface area contributed by atoms with Crippen molar-refractivity contribution < 1.29 is 0 Å².